The summed E-state index contributed by atoms with van der Waals surface area (Å²) in [5.41, 5.74) is -0.197. The van der Waals surface area contributed by atoms with Crippen molar-refractivity contribution in [3.63, 3.8) is 0 Å². The molecule has 0 bridgehead atoms. The van der Waals surface area contributed by atoms with Crippen molar-refractivity contribution in [2.75, 3.05) is 0 Å². The van der Waals surface area contributed by atoms with Crippen LogP contribution < -0.4 is 5.90 Å². The van der Waals surface area contributed by atoms with E-state index in [2.05, 4.69) is 10.5 Å². The van der Waals surface area contributed by atoms with Crippen molar-refractivity contribution in [1.29, 1.82) is 0 Å². The summed E-state index contributed by atoms with van der Waals surface area (Å²) < 4.78 is 54.0. The van der Waals surface area contributed by atoms with Crippen molar-refractivity contribution in [3.8, 4) is 16.9 Å². The van der Waals surface area contributed by atoms with Crippen molar-refractivity contribution in [1.82, 2.24) is 0 Å². The maximum atomic E-state index is 14.0. The molecule has 0 aliphatic carbocycles. The number of ketones is 1. The Labute approximate surface area is 174 Å². The molecule has 0 radical (unpaired) electrons. The Kier molecular flexibility index (Phi) is 7.52. The second-order valence-corrected chi connectivity index (χ2v) is 10.7. The van der Waals surface area contributed by atoms with Gasteiger partial charge in [-0.3, -0.25) is 13.9 Å². The van der Waals surface area contributed by atoms with Gasteiger partial charge in [0.1, 0.15) is 17.4 Å². The number of phenols is 1. The molecule has 2 rings (SSSR count). The van der Waals surface area contributed by atoms with Crippen LogP contribution in [0, 0.1) is 11.6 Å². The van der Waals surface area contributed by atoms with Crippen LogP contribution in [-0.2, 0) is 13.8 Å². The van der Waals surface area contributed by atoms with Gasteiger partial charge in [-0.15, -0.1) is 0 Å². The Hall–Kier alpha value is -2.01. The Morgan fingerprint density at radius 3 is 2.29 bits per heavy atom. The maximum Gasteiger partial charge on any atom is 0.388 e. The largest absolute Gasteiger partial charge is 0.507 e. The molecule has 10 nitrogen and oxygen atoms in total. The lowest BCUT2D eigenvalue weighted by Gasteiger charge is -2.30. The van der Waals surface area contributed by atoms with Crippen molar-refractivity contribution >= 4 is 21.0 Å². The molecule has 31 heavy (non-hydrogen) atoms. The fourth-order valence-electron chi connectivity index (χ4n) is 2.81. The lowest BCUT2D eigenvalue weighted by atomic mass is 9.98. The second-order valence-electron chi connectivity index (χ2n) is 6.58. The number of Topliss-reactive ketones (excluding diaryl/α,β-unsaturated/α-hetero) is 1. The van der Waals surface area contributed by atoms with Crippen molar-refractivity contribution in [2.45, 2.75) is 24.3 Å². The Bertz CT molecular complexity index is 1090. The van der Waals surface area contributed by atoms with Gasteiger partial charge in [-0.2, -0.15) is 0 Å². The molecule has 0 amide bonds. The molecule has 0 aliphatic heterocycles. The topological polar surface area (TPSA) is 188 Å². The minimum Gasteiger partial charge on any atom is -0.507 e. The average Bonchev–Trinajstić information content (AvgIpc) is 2.67. The van der Waals surface area contributed by atoms with E-state index in [1.54, 1.807) is 0 Å². The van der Waals surface area contributed by atoms with Gasteiger partial charge >= 0.3 is 15.2 Å². The Morgan fingerprint density at radius 1 is 1.10 bits per heavy atom. The molecule has 2 unspecified atom stereocenters. The highest BCUT2D eigenvalue weighted by molar-refractivity contribution is 7.72. The molecule has 170 valence electrons. The van der Waals surface area contributed by atoms with Crippen LogP contribution in [0.4, 0.5) is 8.78 Å². The van der Waals surface area contributed by atoms with Crippen LogP contribution in [0.3, 0.4) is 0 Å². The van der Waals surface area contributed by atoms with Crippen molar-refractivity contribution in [3.05, 3.63) is 53.6 Å². The van der Waals surface area contributed by atoms with Crippen LogP contribution in [-0.4, -0.2) is 35.8 Å². The van der Waals surface area contributed by atoms with E-state index >= 15 is 0 Å². The molecule has 0 saturated carbocycles. The van der Waals surface area contributed by atoms with Gasteiger partial charge in [-0.25, -0.2) is 19.3 Å². The molecule has 0 fully saturated rings. The number of phenolic OH excluding ortho intramolecular Hbond substituents is 1. The van der Waals surface area contributed by atoms with Gasteiger partial charge in [0, 0.05) is 24.5 Å². The van der Waals surface area contributed by atoms with Gasteiger partial charge in [-0.1, -0.05) is 6.07 Å². The molecular formula is C17H19F2NO9P2. The summed E-state index contributed by atoms with van der Waals surface area (Å²) in [7, 11) is -11.0. The van der Waals surface area contributed by atoms with Crippen LogP contribution in [0.2, 0.25) is 0 Å². The van der Waals surface area contributed by atoms with Crippen molar-refractivity contribution in [2.24, 2.45) is 5.90 Å². The van der Waals surface area contributed by atoms with E-state index in [0.29, 0.717) is 6.07 Å². The highest BCUT2D eigenvalue weighted by Gasteiger charge is 2.60. The number of benzene rings is 2. The minimum absolute atomic E-state index is 0.0485. The van der Waals surface area contributed by atoms with Crippen LogP contribution in [0.5, 0.6) is 5.75 Å². The summed E-state index contributed by atoms with van der Waals surface area (Å²) in [5.74, 6) is 1.57. The van der Waals surface area contributed by atoms with Gasteiger partial charge in [0.15, 0.2) is 5.78 Å². The van der Waals surface area contributed by atoms with Crippen LogP contribution in [0.25, 0.3) is 11.1 Å². The van der Waals surface area contributed by atoms with Gasteiger partial charge in [0.05, 0.1) is 5.56 Å². The summed E-state index contributed by atoms with van der Waals surface area (Å²) in [4.78, 5) is 40.4. The second kappa shape index (κ2) is 9.23. The average molecular weight is 481 g/mol. The first-order chi connectivity index (χ1) is 14.2. The van der Waals surface area contributed by atoms with E-state index in [0.717, 1.165) is 24.3 Å². The fraction of sp³-hybridized carbons (Fsp3) is 0.235. The summed E-state index contributed by atoms with van der Waals surface area (Å²) in [5, 5.41) is 16.5. The zero-order chi connectivity index (χ0) is 23.6. The van der Waals surface area contributed by atoms with Crippen LogP contribution >= 0.6 is 15.2 Å². The third-order valence-electron chi connectivity index (χ3n) is 4.52. The standard InChI is InChI=1S/C17H19F2NO9P2/c18-11-4-5-12(14(19)9-11)10-3-6-16(22)13(8-10)15(21)2-1-7-17(23,30(24,25)26)31(27,28)29-20/h3-6,8-9,22-23H,1-2,7,20H2,(H,27,28)(H2,24,25,26). The summed E-state index contributed by atoms with van der Waals surface area (Å²) >= 11 is 0. The SMILES string of the molecule is NOP(=O)(O)C(O)(CCCC(=O)c1cc(-c2ccc(F)cc2F)ccc1O)P(=O)(O)O. The number of carbonyl (C=O) groups excluding carboxylic acids is 1. The Balaban J connectivity index is 2.24. The van der Waals surface area contributed by atoms with Gasteiger partial charge in [-0.05, 0) is 36.2 Å². The molecule has 2 aromatic carbocycles. The molecule has 0 heterocycles. The number of aliphatic hydroxyl groups is 1. The first-order valence-corrected chi connectivity index (χ1v) is 11.7. The monoisotopic (exact) mass is 481 g/mol. The molecule has 0 saturated heterocycles. The normalized spacial score (nSPS) is 15.8. The number of carbonyl (C=O) groups is 1. The highest BCUT2D eigenvalue weighted by atomic mass is 31.2. The number of hydrogen-bond acceptors (Lipinski definition) is 7. The molecule has 0 spiro atoms. The molecule has 0 aromatic heterocycles. The molecule has 2 atom stereocenters. The lowest BCUT2D eigenvalue weighted by Crippen LogP contribution is -2.31. The maximum absolute atomic E-state index is 14.0. The van der Waals surface area contributed by atoms with E-state index in [-0.39, 0.29) is 16.7 Å². The van der Waals surface area contributed by atoms with Crippen molar-refractivity contribution < 1.29 is 52.2 Å². The number of hydrogen-bond donors (Lipinski definition) is 6. The van der Waals surface area contributed by atoms with Crippen LogP contribution in [0.15, 0.2) is 36.4 Å². The number of nitrogens with two attached hydrogens (primary N) is 1. The highest BCUT2D eigenvalue weighted by Crippen LogP contribution is 2.71. The molecular weight excluding hydrogens is 462 g/mol. The predicted octanol–water partition coefficient (Wildman–Crippen LogP) is 2.59. The van der Waals surface area contributed by atoms with Gasteiger partial charge < -0.3 is 24.9 Å². The molecule has 2 aromatic rings. The van der Waals surface area contributed by atoms with Gasteiger partial charge in [0.25, 0.3) is 5.08 Å². The third-order valence-corrected chi connectivity index (χ3v) is 8.63. The van der Waals surface area contributed by atoms with E-state index < -0.39 is 62.7 Å². The first-order valence-electron chi connectivity index (χ1n) is 8.54. The minimum atomic E-state index is -5.62. The summed E-state index contributed by atoms with van der Waals surface area (Å²) in [6.07, 6.45) is -2.08. The quantitative estimate of drug-likeness (QED) is 0.176. The fourth-order valence-corrected chi connectivity index (χ4v) is 5.32. The van der Waals surface area contributed by atoms with Gasteiger partial charge in [0.2, 0.25) is 0 Å². The molecule has 7 N–H and O–H groups in total. The lowest BCUT2D eigenvalue weighted by molar-refractivity contribution is 0.0928. The number of aromatic hydroxyl groups is 1. The summed E-state index contributed by atoms with van der Waals surface area (Å²) in [6, 6.07) is 6.29. The van der Waals surface area contributed by atoms with E-state index in [1.165, 1.54) is 6.07 Å². The molecule has 14 heteroatoms. The van der Waals surface area contributed by atoms with Crippen LogP contribution in [0.1, 0.15) is 29.6 Å². The van der Waals surface area contributed by atoms with E-state index in [9.17, 15) is 47.6 Å². The third kappa shape index (κ3) is 5.25. The Morgan fingerprint density at radius 2 is 1.74 bits per heavy atom. The van der Waals surface area contributed by atoms with E-state index in [1.807, 2.05) is 0 Å². The number of halogens is 2. The summed E-state index contributed by atoms with van der Waals surface area (Å²) in [6.45, 7) is 0. The predicted molar refractivity (Wildman–Crippen MR) is 104 cm³/mol. The zero-order valence-electron chi connectivity index (χ0n) is 15.7. The zero-order valence-corrected chi connectivity index (χ0v) is 17.5. The first kappa shape index (κ1) is 25.3. The smallest absolute Gasteiger partial charge is 0.388 e. The number of rotatable bonds is 9. The molecule has 0 aliphatic rings. The van der Waals surface area contributed by atoms with E-state index in [4.69, 9.17) is 0 Å².